The predicted molar refractivity (Wildman–Crippen MR) is 84.9 cm³/mol. The van der Waals surface area contributed by atoms with E-state index >= 15 is 0 Å². The zero-order valence-corrected chi connectivity index (χ0v) is 14.0. The Balaban J connectivity index is 1.73. The lowest BCUT2D eigenvalue weighted by atomic mass is 10.1. The van der Waals surface area contributed by atoms with Gasteiger partial charge in [-0.3, -0.25) is 0 Å². The van der Waals surface area contributed by atoms with E-state index in [0.29, 0.717) is 29.7 Å². The third-order valence-electron chi connectivity index (χ3n) is 3.11. The van der Waals surface area contributed by atoms with Crippen molar-refractivity contribution in [2.75, 3.05) is 13.1 Å². The van der Waals surface area contributed by atoms with Gasteiger partial charge in [0.25, 0.3) is 0 Å². The molecule has 1 aliphatic heterocycles. The van der Waals surface area contributed by atoms with Crippen LogP contribution < -0.4 is 5.32 Å². The van der Waals surface area contributed by atoms with E-state index in [2.05, 4.69) is 5.32 Å². The highest BCUT2D eigenvalue weighted by Crippen LogP contribution is 2.23. The molecule has 0 unspecified atom stereocenters. The second-order valence-corrected chi connectivity index (χ2v) is 7.03. The van der Waals surface area contributed by atoms with E-state index in [4.69, 9.17) is 27.9 Å². The molecule has 0 aliphatic carbocycles. The van der Waals surface area contributed by atoms with Crippen LogP contribution >= 0.6 is 23.2 Å². The molecule has 1 aromatic rings. The number of carbonyl (C=O) groups excluding carboxylic acids is 1. The number of amides is 1. The number of rotatable bonds is 3. The first kappa shape index (κ1) is 16.4. The molecule has 116 valence electrons. The molecule has 21 heavy (non-hydrogen) atoms. The van der Waals surface area contributed by atoms with Gasteiger partial charge in [-0.25, -0.2) is 4.79 Å². The average molecular weight is 331 g/mol. The average Bonchev–Trinajstić information content (AvgIpc) is 2.29. The van der Waals surface area contributed by atoms with Gasteiger partial charge < -0.3 is 15.0 Å². The minimum absolute atomic E-state index is 0.255. The Morgan fingerprint density at radius 1 is 1.33 bits per heavy atom. The molecule has 2 rings (SSSR count). The molecule has 1 N–H and O–H groups in total. The summed E-state index contributed by atoms with van der Waals surface area (Å²) in [7, 11) is 0. The maximum Gasteiger partial charge on any atom is 0.410 e. The number of carbonyl (C=O) groups is 1. The normalized spacial score (nSPS) is 15.8. The van der Waals surface area contributed by atoms with E-state index in [0.717, 1.165) is 5.56 Å². The molecule has 1 aliphatic rings. The van der Waals surface area contributed by atoms with Crippen molar-refractivity contribution in [1.29, 1.82) is 0 Å². The molecule has 1 amide bonds. The SMILES string of the molecule is CC(C)(C)OC(=O)N1CC(NCc2ccc(Cl)c(Cl)c2)C1. The van der Waals surface area contributed by atoms with Crippen molar-refractivity contribution in [2.45, 2.75) is 39.0 Å². The van der Waals surface area contributed by atoms with E-state index in [9.17, 15) is 4.79 Å². The van der Waals surface area contributed by atoms with Crippen LogP contribution in [0.5, 0.6) is 0 Å². The van der Waals surface area contributed by atoms with Crippen molar-refractivity contribution in [3.8, 4) is 0 Å². The minimum atomic E-state index is -0.449. The van der Waals surface area contributed by atoms with E-state index in [1.807, 2.05) is 32.9 Å². The molecular formula is C15H20Cl2N2O2. The number of likely N-dealkylation sites (tertiary alicyclic amines) is 1. The van der Waals surface area contributed by atoms with Gasteiger partial charge in [-0.2, -0.15) is 0 Å². The number of ether oxygens (including phenoxy) is 1. The van der Waals surface area contributed by atoms with Crippen molar-refractivity contribution < 1.29 is 9.53 Å². The monoisotopic (exact) mass is 330 g/mol. The molecule has 1 aromatic carbocycles. The zero-order chi connectivity index (χ0) is 15.6. The third-order valence-corrected chi connectivity index (χ3v) is 3.85. The number of nitrogens with zero attached hydrogens (tertiary/aromatic N) is 1. The van der Waals surface area contributed by atoms with Gasteiger partial charge in [-0.1, -0.05) is 29.3 Å². The molecule has 0 radical (unpaired) electrons. The van der Waals surface area contributed by atoms with E-state index in [1.54, 1.807) is 11.0 Å². The molecular weight excluding hydrogens is 311 g/mol. The topological polar surface area (TPSA) is 41.6 Å². The van der Waals surface area contributed by atoms with Gasteiger partial charge in [0.05, 0.1) is 10.0 Å². The number of benzene rings is 1. The summed E-state index contributed by atoms with van der Waals surface area (Å²) in [6.07, 6.45) is -0.255. The Bertz CT molecular complexity index is 523. The van der Waals surface area contributed by atoms with Crippen LogP contribution in [0.3, 0.4) is 0 Å². The lowest BCUT2D eigenvalue weighted by Gasteiger charge is -2.40. The summed E-state index contributed by atoms with van der Waals surface area (Å²) in [5.74, 6) is 0. The van der Waals surface area contributed by atoms with Crippen LogP contribution in [0, 0.1) is 0 Å². The Hall–Kier alpha value is -0.970. The lowest BCUT2D eigenvalue weighted by molar-refractivity contribution is 0.00519. The minimum Gasteiger partial charge on any atom is -0.444 e. The Labute approximate surface area is 135 Å². The fourth-order valence-electron chi connectivity index (χ4n) is 2.00. The highest BCUT2D eigenvalue weighted by molar-refractivity contribution is 6.42. The Morgan fingerprint density at radius 3 is 2.57 bits per heavy atom. The van der Waals surface area contributed by atoms with Gasteiger partial charge in [-0.05, 0) is 38.5 Å². The number of hydrogen-bond donors (Lipinski definition) is 1. The molecule has 0 saturated carbocycles. The van der Waals surface area contributed by atoms with Crippen molar-refractivity contribution in [1.82, 2.24) is 10.2 Å². The van der Waals surface area contributed by atoms with E-state index < -0.39 is 5.60 Å². The van der Waals surface area contributed by atoms with Crippen LogP contribution in [-0.2, 0) is 11.3 Å². The van der Waals surface area contributed by atoms with Gasteiger partial charge in [0.2, 0.25) is 0 Å². The van der Waals surface area contributed by atoms with Crippen LogP contribution in [0.4, 0.5) is 4.79 Å². The first-order valence-corrected chi connectivity index (χ1v) is 7.65. The number of nitrogens with one attached hydrogen (secondary N) is 1. The molecule has 0 aromatic heterocycles. The maximum absolute atomic E-state index is 11.8. The standard InChI is InChI=1S/C15H20Cl2N2O2/c1-15(2,3)21-14(20)19-8-11(9-19)18-7-10-4-5-12(16)13(17)6-10/h4-6,11,18H,7-9H2,1-3H3. The summed E-state index contributed by atoms with van der Waals surface area (Å²) in [6.45, 7) is 7.62. The summed E-state index contributed by atoms with van der Waals surface area (Å²) in [6, 6.07) is 5.86. The van der Waals surface area contributed by atoms with Gasteiger partial charge in [-0.15, -0.1) is 0 Å². The molecule has 1 fully saturated rings. The Kier molecular flexibility index (Phi) is 5.02. The summed E-state index contributed by atoms with van der Waals surface area (Å²) in [5, 5.41) is 4.49. The van der Waals surface area contributed by atoms with Crippen LogP contribution in [0.15, 0.2) is 18.2 Å². The first-order chi connectivity index (χ1) is 9.74. The second-order valence-electron chi connectivity index (χ2n) is 6.21. The van der Waals surface area contributed by atoms with Crippen molar-refractivity contribution in [2.24, 2.45) is 0 Å². The summed E-state index contributed by atoms with van der Waals surface area (Å²) in [5.41, 5.74) is 0.621. The number of halogens is 2. The second kappa shape index (κ2) is 6.42. The van der Waals surface area contributed by atoms with Gasteiger partial charge in [0, 0.05) is 25.7 Å². The number of hydrogen-bond acceptors (Lipinski definition) is 3. The van der Waals surface area contributed by atoms with Gasteiger partial charge in [0.15, 0.2) is 0 Å². The smallest absolute Gasteiger partial charge is 0.410 e. The van der Waals surface area contributed by atoms with E-state index in [1.165, 1.54) is 0 Å². The van der Waals surface area contributed by atoms with E-state index in [-0.39, 0.29) is 12.1 Å². The fourth-order valence-corrected chi connectivity index (χ4v) is 2.32. The van der Waals surface area contributed by atoms with Crippen LogP contribution in [-0.4, -0.2) is 35.7 Å². The largest absolute Gasteiger partial charge is 0.444 e. The lowest BCUT2D eigenvalue weighted by Crippen LogP contribution is -2.60. The summed E-state index contributed by atoms with van der Waals surface area (Å²) < 4.78 is 5.31. The molecule has 1 heterocycles. The predicted octanol–water partition coefficient (Wildman–Crippen LogP) is 3.70. The molecule has 0 atom stereocenters. The quantitative estimate of drug-likeness (QED) is 0.918. The van der Waals surface area contributed by atoms with Gasteiger partial charge in [0.1, 0.15) is 5.60 Å². The molecule has 6 heteroatoms. The third kappa shape index (κ3) is 4.77. The highest BCUT2D eigenvalue weighted by atomic mass is 35.5. The summed E-state index contributed by atoms with van der Waals surface area (Å²) in [4.78, 5) is 13.5. The Morgan fingerprint density at radius 2 is 2.00 bits per heavy atom. The highest BCUT2D eigenvalue weighted by Gasteiger charge is 2.33. The van der Waals surface area contributed by atoms with Crippen molar-refractivity contribution in [3.05, 3.63) is 33.8 Å². The van der Waals surface area contributed by atoms with Crippen LogP contribution in [0.1, 0.15) is 26.3 Å². The zero-order valence-electron chi connectivity index (χ0n) is 12.5. The van der Waals surface area contributed by atoms with Crippen LogP contribution in [0.2, 0.25) is 10.0 Å². The van der Waals surface area contributed by atoms with Crippen LogP contribution in [0.25, 0.3) is 0 Å². The maximum atomic E-state index is 11.8. The van der Waals surface area contributed by atoms with Crippen molar-refractivity contribution >= 4 is 29.3 Å². The fraction of sp³-hybridized carbons (Fsp3) is 0.533. The molecule has 0 bridgehead atoms. The summed E-state index contributed by atoms with van der Waals surface area (Å²) >= 11 is 11.9. The molecule has 4 nitrogen and oxygen atoms in total. The van der Waals surface area contributed by atoms with Gasteiger partial charge >= 0.3 is 6.09 Å². The molecule has 1 saturated heterocycles. The van der Waals surface area contributed by atoms with Crippen molar-refractivity contribution in [3.63, 3.8) is 0 Å². The first-order valence-electron chi connectivity index (χ1n) is 6.90. The molecule has 0 spiro atoms.